The summed E-state index contributed by atoms with van der Waals surface area (Å²) >= 11 is 4.26. The Hall–Kier alpha value is -1.22. The number of carbonyl (C=O) groups is 1. The van der Waals surface area contributed by atoms with Crippen LogP contribution >= 0.6 is 12.6 Å². The maximum Gasteiger partial charge on any atom is 0.233 e. The van der Waals surface area contributed by atoms with Gasteiger partial charge in [-0.25, -0.2) is 0 Å². The fourth-order valence-corrected chi connectivity index (χ4v) is 1.52. The van der Waals surface area contributed by atoms with Crippen LogP contribution in [0.15, 0.2) is 43.0 Å². The van der Waals surface area contributed by atoms with Crippen molar-refractivity contribution < 1.29 is 4.79 Å². The van der Waals surface area contributed by atoms with Crippen LogP contribution in [0, 0.1) is 0 Å². The molecule has 0 bridgehead atoms. The Balaban J connectivity index is 2.45. The highest BCUT2D eigenvalue weighted by Gasteiger charge is 2.12. The van der Waals surface area contributed by atoms with Gasteiger partial charge >= 0.3 is 0 Å². The normalized spacial score (nSPS) is 11.8. The topological polar surface area (TPSA) is 29.1 Å². The minimum absolute atomic E-state index is 0.0536. The lowest BCUT2D eigenvalue weighted by atomic mass is 10.1. The second-order valence-electron chi connectivity index (χ2n) is 3.24. The summed E-state index contributed by atoms with van der Waals surface area (Å²) in [4.78, 5) is 11.5. The molecule has 0 saturated heterocycles. The average molecular weight is 221 g/mol. The van der Waals surface area contributed by atoms with Crippen LogP contribution in [-0.2, 0) is 11.2 Å². The molecule has 0 aliphatic heterocycles. The average Bonchev–Trinajstić information content (AvgIpc) is 2.27. The van der Waals surface area contributed by atoms with Crippen molar-refractivity contribution in [2.24, 2.45) is 0 Å². The highest BCUT2D eigenvalue weighted by Crippen LogP contribution is 2.07. The number of nitrogens with one attached hydrogen (secondary N) is 1. The second-order valence-corrected chi connectivity index (χ2v) is 3.86. The summed E-state index contributed by atoms with van der Waals surface area (Å²) < 4.78 is 0. The van der Waals surface area contributed by atoms with Gasteiger partial charge in [0.1, 0.15) is 0 Å². The van der Waals surface area contributed by atoms with E-state index in [-0.39, 0.29) is 11.2 Å². The van der Waals surface area contributed by atoms with Crippen molar-refractivity contribution in [3.63, 3.8) is 0 Å². The van der Waals surface area contributed by atoms with Gasteiger partial charge < -0.3 is 5.32 Å². The van der Waals surface area contributed by atoms with Gasteiger partial charge in [-0.2, -0.15) is 12.6 Å². The number of carbonyl (C=O) groups excluding carboxylic acids is 1. The predicted molar refractivity (Wildman–Crippen MR) is 66.1 cm³/mol. The van der Waals surface area contributed by atoms with E-state index in [0.717, 1.165) is 5.56 Å². The molecule has 0 aliphatic carbocycles. The number of benzene rings is 1. The van der Waals surface area contributed by atoms with E-state index in [1.807, 2.05) is 30.3 Å². The van der Waals surface area contributed by atoms with E-state index in [9.17, 15) is 4.79 Å². The van der Waals surface area contributed by atoms with Crippen LogP contribution in [0.5, 0.6) is 0 Å². The molecule has 0 saturated carbocycles. The second kappa shape index (κ2) is 6.30. The Kier molecular flexibility index (Phi) is 4.98. The summed E-state index contributed by atoms with van der Waals surface area (Å²) in [6, 6.07) is 9.85. The van der Waals surface area contributed by atoms with Crippen molar-refractivity contribution in [3.8, 4) is 0 Å². The Morgan fingerprint density at radius 3 is 2.73 bits per heavy atom. The molecule has 1 N–H and O–H groups in total. The first kappa shape index (κ1) is 11.9. The first-order chi connectivity index (χ1) is 7.24. The maximum atomic E-state index is 11.5. The highest BCUT2D eigenvalue weighted by atomic mass is 32.1. The van der Waals surface area contributed by atoms with Crippen LogP contribution in [0.25, 0.3) is 0 Å². The van der Waals surface area contributed by atoms with E-state index < -0.39 is 0 Å². The van der Waals surface area contributed by atoms with E-state index >= 15 is 0 Å². The van der Waals surface area contributed by atoms with Gasteiger partial charge in [0.25, 0.3) is 0 Å². The molecule has 1 rings (SSSR count). The maximum absolute atomic E-state index is 11.5. The van der Waals surface area contributed by atoms with Crippen molar-refractivity contribution in [3.05, 3.63) is 48.6 Å². The molecule has 15 heavy (non-hydrogen) atoms. The summed E-state index contributed by atoms with van der Waals surface area (Å²) in [6.45, 7) is 4.03. The van der Waals surface area contributed by atoms with E-state index in [1.54, 1.807) is 6.08 Å². The fourth-order valence-electron chi connectivity index (χ4n) is 1.22. The molecule has 0 heterocycles. The molecule has 0 fully saturated rings. The van der Waals surface area contributed by atoms with E-state index in [2.05, 4.69) is 24.5 Å². The summed E-state index contributed by atoms with van der Waals surface area (Å²) in [5, 5.41) is 2.42. The minimum Gasteiger partial charge on any atom is -0.352 e. The summed E-state index contributed by atoms with van der Waals surface area (Å²) in [5.41, 5.74) is 1.12. The Bertz CT molecular complexity index is 324. The van der Waals surface area contributed by atoms with Crippen molar-refractivity contribution >= 4 is 18.5 Å². The zero-order valence-corrected chi connectivity index (χ0v) is 9.41. The lowest BCUT2D eigenvalue weighted by molar-refractivity contribution is -0.120. The van der Waals surface area contributed by atoms with Gasteiger partial charge in [0, 0.05) is 6.54 Å². The van der Waals surface area contributed by atoms with Crippen molar-refractivity contribution in [1.29, 1.82) is 0 Å². The van der Waals surface area contributed by atoms with Gasteiger partial charge in [-0.05, 0) is 12.0 Å². The molecule has 0 spiro atoms. The zero-order valence-electron chi connectivity index (χ0n) is 8.52. The molecule has 2 nitrogen and oxygen atoms in total. The summed E-state index contributed by atoms with van der Waals surface area (Å²) in [5.74, 6) is -0.0536. The summed E-state index contributed by atoms with van der Waals surface area (Å²) in [7, 11) is 0. The molecule has 3 heteroatoms. The SMILES string of the molecule is C=CCNC(=O)C(S)Cc1ccccc1. The van der Waals surface area contributed by atoms with Crippen LogP contribution in [0.1, 0.15) is 5.56 Å². The Labute approximate surface area is 95.8 Å². The van der Waals surface area contributed by atoms with Crippen LogP contribution in [-0.4, -0.2) is 17.7 Å². The third kappa shape index (κ3) is 4.21. The van der Waals surface area contributed by atoms with Crippen molar-refractivity contribution in [2.75, 3.05) is 6.54 Å². The molecule has 1 unspecified atom stereocenters. The van der Waals surface area contributed by atoms with E-state index in [1.165, 1.54) is 0 Å². The molecule has 0 aromatic heterocycles. The molecule has 0 radical (unpaired) electrons. The molecular weight excluding hydrogens is 206 g/mol. The number of hydrogen-bond acceptors (Lipinski definition) is 2. The molecular formula is C12H15NOS. The highest BCUT2D eigenvalue weighted by molar-refractivity contribution is 7.81. The molecule has 0 aliphatic rings. The smallest absolute Gasteiger partial charge is 0.233 e. The van der Waals surface area contributed by atoms with Gasteiger partial charge in [-0.3, -0.25) is 4.79 Å². The number of hydrogen-bond donors (Lipinski definition) is 2. The van der Waals surface area contributed by atoms with E-state index in [0.29, 0.717) is 13.0 Å². The molecule has 1 atom stereocenters. The van der Waals surface area contributed by atoms with Crippen molar-refractivity contribution in [1.82, 2.24) is 5.32 Å². The van der Waals surface area contributed by atoms with Gasteiger partial charge in [0.15, 0.2) is 0 Å². The van der Waals surface area contributed by atoms with Gasteiger partial charge in [-0.15, -0.1) is 6.58 Å². The minimum atomic E-state index is -0.299. The fraction of sp³-hybridized carbons (Fsp3) is 0.250. The molecule has 1 amide bonds. The number of thiol groups is 1. The number of rotatable bonds is 5. The van der Waals surface area contributed by atoms with E-state index in [4.69, 9.17) is 0 Å². The predicted octanol–water partition coefficient (Wildman–Crippen LogP) is 1.83. The Morgan fingerprint density at radius 2 is 2.13 bits per heavy atom. The first-order valence-electron chi connectivity index (χ1n) is 4.84. The van der Waals surface area contributed by atoms with Gasteiger partial charge in [-0.1, -0.05) is 36.4 Å². The Morgan fingerprint density at radius 1 is 1.47 bits per heavy atom. The zero-order chi connectivity index (χ0) is 11.1. The van der Waals surface area contributed by atoms with Gasteiger partial charge in [0.05, 0.1) is 5.25 Å². The quantitative estimate of drug-likeness (QED) is 0.576. The lowest BCUT2D eigenvalue weighted by Crippen LogP contribution is -2.32. The largest absolute Gasteiger partial charge is 0.352 e. The molecule has 1 aromatic carbocycles. The van der Waals surface area contributed by atoms with Crippen LogP contribution in [0.3, 0.4) is 0 Å². The molecule has 1 aromatic rings. The summed E-state index contributed by atoms with van der Waals surface area (Å²) in [6.07, 6.45) is 2.30. The first-order valence-corrected chi connectivity index (χ1v) is 5.36. The van der Waals surface area contributed by atoms with Crippen LogP contribution in [0.4, 0.5) is 0 Å². The van der Waals surface area contributed by atoms with Crippen molar-refractivity contribution in [2.45, 2.75) is 11.7 Å². The van der Waals surface area contributed by atoms with Gasteiger partial charge in [0.2, 0.25) is 5.91 Å². The molecule has 80 valence electrons. The monoisotopic (exact) mass is 221 g/mol. The number of amides is 1. The van der Waals surface area contributed by atoms with Crippen LogP contribution < -0.4 is 5.32 Å². The standard InChI is InChI=1S/C12H15NOS/c1-2-8-13-12(14)11(15)9-10-6-4-3-5-7-10/h2-7,11,15H,1,8-9H2,(H,13,14). The van der Waals surface area contributed by atoms with Crippen LogP contribution in [0.2, 0.25) is 0 Å². The third-order valence-electron chi connectivity index (χ3n) is 2.00. The third-order valence-corrected chi connectivity index (χ3v) is 2.41. The lowest BCUT2D eigenvalue weighted by Gasteiger charge is -2.10.